The molecule has 0 spiro atoms. The summed E-state index contributed by atoms with van der Waals surface area (Å²) in [4.78, 5) is 31.5. The van der Waals surface area contributed by atoms with E-state index in [9.17, 15) is 9.59 Å². The zero-order chi connectivity index (χ0) is 27.1. The molecule has 4 aromatic rings. The largest absolute Gasteiger partial charge is 0.497 e. The van der Waals surface area contributed by atoms with E-state index in [2.05, 4.69) is 12.2 Å². The number of rotatable bonds is 12. The second-order valence-corrected chi connectivity index (χ2v) is 9.72. The molecule has 2 N–H and O–H groups in total. The highest BCUT2D eigenvalue weighted by molar-refractivity contribution is 5.96. The molecular weight excluding hydrogens is 478 g/mol. The number of benzene rings is 1. The Hall–Kier alpha value is -3.94. The van der Waals surface area contributed by atoms with Gasteiger partial charge in [-0.3, -0.25) is 19.4 Å². The SMILES string of the molecule is CCCCCCCCn1c(=N)c(C(=O)NCCc2ccc(OC)cc2)cc2c(=O)n3cccc(C)c3nc21. The molecule has 8 heteroatoms. The molecule has 38 heavy (non-hydrogen) atoms. The van der Waals surface area contributed by atoms with E-state index in [1.807, 2.05) is 43.3 Å². The van der Waals surface area contributed by atoms with E-state index < -0.39 is 0 Å². The molecule has 0 saturated heterocycles. The summed E-state index contributed by atoms with van der Waals surface area (Å²) in [5.74, 6) is 0.418. The third-order valence-electron chi connectivity index (χ3n) is 6.97. The van der Waals surface area contributed by atoms with Crippen molar-refractivity contribution in [2.75, 3.05) is 13.7 Å². The van der Waals surface area contributed by atoms with Crippen molar-refractivity contribution in [2.45, 2.75) is 65.3 Å². The highest BCUT2D eigenvalue weighted by Crippen LogP contribution is 2.15. The van der Waals surface area contributed by atoms with Crippen LogP contribution in [-0.4, -0.2) is 33.5 Å². The van der Waals surface area contributed by atoms with Gasteiger partial charge in [-0.25, -0.2) is 4.98 Å². The van der Waals surface area contributed by atoms with Crippen LogP contribution in [0.25, 0.3) is 16.7 Å². The molecule has 8 nitrogen and oxygen atoms in total. The van der Waals surface area contributed by atoms with Gasteiger partial charge in [-0.1, -0.05) is 57.2 Å². The van der Waals surface area contributed by atoms with E-state index in [0.29, 0.717) is 36.2 Å². The van der Waals surface area contributed by atoms with Crippen LogP contribution in [0.3, 0.4) is 0 Å². The van der Waals surface area contributed by atoms with Crippen LogP contribution in [0.15, 0.2) is 53.5 Å². The van der Waals surface area contributed by atoms with E-state index >= 15 is 0 Å². The number of aryl methyl sites for hydroxylation is 2. The normalized spacial score (nSPS) is 11.2. The molecule has 0 bridgehead atoms. The highest BCUT2D eigenvalue weighted by Gasteiger charge is 2.18. The van der Waals surface area contributed by atoms with Crippen molar-refractivity contribution in [1.82, 2.24) is 19.3 Å². The Morgan fingerprint density at radius 1 is 1.05 bits per heavy atom. The smallest absolute Gasteiger partial charge is 0.267 e. The van der Waals surface area contributed by atoms with Gasteiger partial charge < -0.3 is 14.6 Å². The van der Waals surface area contributed by atoms with Gasteiger partial charge in [-0.15, -0.1) is 0 Å². The molecule has 0 unspecified atom stereocenters. The molecular formula is C30H37N5O3. The van der Waals surface area contributed by atoms with Gasteiger partial charge in [0.1, 0.15) is 22.5 Å². The maximum atomic E-state index is 13.5. The number of hydrogen-bond acceptors (Lipinski definition) is 5. The highest BCUT2D eigenvalue weighted by atomic mass is 16.5. The molecule has 0 fully saturated rings. The number of methoxy groups -OCH3 is 1. The number of pyridine rings is 2. The molecule has 0 radical (unpaired) electrons. The van der Waals surface area contributed by atoms with E-state index in [1.165, 1.54) is 29.7 Å². The fourth-order valence-corrected chi connectivity index (χ4v) is 4.75. The zero-order valence-corrected chi connectivity index (χ0v) is 22.5. The first-order valence-electron chi connectivity index (χ1n) is 13.5. The lowest BCUT2D eigenvalue weighted by atomic mass is 10.1. The summed E-state index contributed by atoms with van der Waals surface area (Å²) in [6.45, 7) is 5.05. The third kappa shape index (κ3) is 5.96. The number of aromatic nitrogens is 3. The molecule has 3 aromatic heterocycles. The molecule has 0 aliphatic heterocycles. The number of nitrogens with one attached hydrogen (secondary N) is 2. The summed E-state index contributed by atoms with van der Waals surface area (Å²) in [6, 6.07) is 13.0. The number of carbonyl (C=O) groups is 1. The maximum Gasteiger partial charge on any atom is 0.267 e. The molecule has 1 amide bonds. The average Bonchev–Trinajstić information content (AvgIpc) is 2.92. The molecule has 4 rings (SSSR count). The summed E-state index contributed by atoms with van der Waals surface area (Å²) in [7, 11) is 1.63. The lowest BCUT2D eigenvalue weighted by molar-refractivity contribution is 0.0951. The van der Waals surface area contributed by atoms with Crippen molar-refractivity contribution in [2.24, 2.45) is 0 Å². The molecule has 0 aliphatic rings. The number of hydrogen-bond donors (Lipinski definition) is 2. The van der Waals surface area contributed by atoms with Crippen LogP contribution in [0, 0.1) is 12.3 Å². The zero-order valence-electron chi connectivity index (χ0n) is 22.5. The van der Waals surface area contributed by atoms with E-state index in [0.717, 1.165) is 36.1 Å². The number of fused-ring (bicyclic) bond motifs is 2. The van der Waals surface area contributed by atoms with Crippen LogP contribution >= 0.6 is 0 Å². The molecule has 200 valence electrons. The average molecular weight is 516 g/mol. The Kier molecular flexibility index (Phi) is 8.94. The summed E-state index contributed by atoms with van der Waals surface area (Å²) >= 11 is 0. The lowest BCUT2D eigenvalue weighted by Gasteiger charge is -2.15. The first kappa shape index (κ1) is 27.1. The van der Waals surface area contributed by atoms with Gasteiger partial charge in [0.15, 0.2) is 0 Å². The van der Waals surface area contributed by atoms with Gasteiger partial charge in [-0.05, 0) is 55.2 Å². The first-order chi connectivity index (χ1) is 18.4. The second-order valence-electron chi connectivity index (χ2n) is 9.72. The Morgan fingerprint density at radius 2 is 1.79 bits per heavy atom. The lowest BCUT2D eigenvalue weighted by Crippen LogP contribution is -2.35. The minimum atomic E-state index is -0.365. The van der Waals surface area contributed by atoms with Gasteiger partial charge in [0.2, 0.25) is 0 Å². The second kappa shape index (κ2) is 12.5. The Morgan fingerprint density at radius 3 is 2.53 bits per heavy atom. The molecule has 3 heterocycles. The quantitative estimate of drug-likeness (QED) is 0.209. The number of amides is 1. The van der Waals surface area contributed by atoms with Crippen LogP contribution in [0.2, 0.25) is 0 Å². The Bertz CT molecular complexity index is 1540. The minimum absolute atomic E-state index is 0.0813. The first-order valence-corrected chi connectivity index (χ1v) is 13.5. The van der Waals surface area contributed by atoms with Gasteiger partial charge in [0.05, 0.1) is 18.1 Å². The van der Waals surface area contributed by atoms with Crippen molar-refractivity contribution < 1.29 is 9.53 Å². The van der Waals surface area contributed by atoms with Crippen molar-refractivity contribution in [3.8, 4) is 5.75 Å². The Labute approximate surface area is 222 Å². The predicted molar refractivity (Wildman–Crippen MR) is 150 cm³/mol. The summed E-state index contributed by atoms with van der Waals surface area (Å²) in [5, 5.41) is 12.2. The predicted octanol–water partition coefficient (Wildman–Crippen LogP) is 4.78. The van der Waals surface area contributed by atoms with Crippen LogP contribution in [0.5, 0.6) is 5.75 Å². The third-order valence-corrected chi connectivity index (χ3v) is 6.97. The number of nitrogens with zero attached hydrogens (tertiary/aromatic N) is 3. The van der Waals surface area contributed by atoms with Gasteiger partial charge in [-0.2, -0.15) is 0 Å². The topological polar surface area (TPSA) is 101 Å². The van der Waals surface area contributed by atoms with E-state index in [-0.39, 0.29) is 22.5 Å². The van der Waals surface area contributed by atoms with E-state index in [1.54, 1.807) is 17.9 Å². The molecule has 0 atom stereocenters. The van der Waals surface area contributed by atoms with Crippen molar-refractivity contribution in [3.05, 3.63) is 81.2 Å². The van der Waals surface area contributed by atoms with Crippen molar-refractivity contribution in [1.29, 1.82) is 5.41 Å². The number of carbonyl (C=O) groups excluding carboxylic acids is 1. The van der Waals surface area contributed by atoms with Crippen LogP contribution in [-0.2, 0) is 13.0 Å². The maximum absolute atomic E-state index is 13.5. The van der Waals surface area contributed by atoms with Gasteiger partial charge in [0.25, 0.3) is 11.5 Å². The van der Waals surface area contributed by atoms with Crippen LogP contribution in [0.1, 0.15) is 66.9 Å². The summed E-state index contributed by atoms with van der Waals surface area (Å²) in [6.07, 6.45) is 8.94. The fraction of sp³-hybridized carbons (Fsp3) is 0.400. The van der Waals surface area contributed by atoms with Gasteiger partial charge in [0, 0.05) is 19.3 Å². The summed E-state index contributed by atoms with van der Waals surface area (Å²) < 4.78 is 8.45. The minimum Gasteiger partial charge on any atom is -0.497 e. The van der Waals surface area contributed by atoms with Crippen molar-refractivity contribution >= 4 is 22.6 Å². The monoisotopic (exact) mass is 515 g/mol. The van der Waals surface area contributed by atoms with Gasteiger partial charge >= 0.3 is 0 Å². The van der Waals surface area contributed by atoms with Crippen LogP contribution in [0.4, 0.5) is 0 Å². The molecule has 0 aliphatic carbocycles. The molecule has 1 aromatic carbocycles. The fourth-order valence-electron chi connectivity index (χ4n) is 4.75. The number of ether oxygens (including phenoxy) is 1. The van der Waals surface area contributed by atoms with E-state index in [4.69, 9.17) is 15.1 Å². The molecule has 0 saturated carbocycles. The standard InChI is InChI=1S/C30H37N5O3/c1-4-5-6-7-8-9-18-34-26(31)24(29(36)32-17-16-22-12-14-23(38-3)15-13-22)20-25-28(34)33-27-21(2)11-10-19-35(27)30(25)37/h10-15,19-20,31H,4-9,16-18H2,1-3H3,(H,32,36). The van der Waals surface area contributed by atoms with Crippen LogP contribution < -0.4 is 21.1 Å². The number of unbranched alkanes of at least 4 members (excludes halogenated alkanes) is 5. The Balaban J connectivity index is 1.65. The summed E-state index contributed by atoms with van der Waals surface area (Å²) in [5.41, 5.74) is 3.00. The van der Waals surface area contributed by atoms with Crippen molar-refractivity contribution in [3.63, 3.8) is 0 Å².